The molecule has 0 heterocycles. The Hall–Kier alpha value is -2.94. The van der Waals surface area contributed by atoms with Crippen LogP contribution < -0.4 is 9.62 Å². The van der Waals surface area contributed by atoms with Gasteiger partial charge in [-0.1, -0.05) is 38.1 Å². The maximum absolute atomic E-state index is 12.6. The molecular formula is C19H23N3O5S. The summed E-state index contributed by atoms with van der Waals surface area (Å²) in [5.41, 5.74) is 1.97. The lowest BCUT2D eigenvalue weighted by molar-refractivity contribution is -0.384. The van der Waals surface area contributed by atoms with E-state index >= 15 is 0 Å². The van der Waals surface area contributed by atoms with Gasteiger partial charge in [0.2, 0.25) is 15.9 Å². The van der Waals surface area contributed by atoms with Crippen LogP contribution in [0.25, 0.3) is 0 Å². The Bertz CT molecular complexity index is 1000. The van der Waals surface area contributed by atoms with Gasteiger partial charge in [0.15, 0.2) is 0 Å². The number of non-ortho nitro benzene ring substituents is 1. The lowest BCUT2D eigenvalue weighted by Gasteiger charge is -2.25. The molecule has 0 aliphatic carbocycles. The number of rotatable bonds is 7. The molecule has 0 radical (unpaired) electrons. The van der Waals surface area contributed by atoms with E-state index < -0.39 is 27.4 Å². The van der Waals surface area contributed by atoms with Crippen molar-refractivity contribution in [2.45, 2.75) is 26.7 Å². The number of nitrogens with zero attached hydrogens (tertiary/aromatic N) is 2. The van der Waals surface area contributed by atoms with Crippen molar-refractivity contribution in [3.05, 3.63) is 63.7 Å². The number of nitro benzene ring substituents is 1. The molecule has 8 nitrogen and oxygen atoms in total. The Morgan fingerprint density at radius 1 is 1.21 bits per heavy atom. The predicted octanol–water partition coefficient (Wildman–Crippen LogP) is 3.43. The van der Waals surface area contributed by atoms with Gasteiger partial charge in [-0.2, -0.15) is 0 Å². The summed E-state index contributed by atoms with van der Waals surface area (Å²) in [7, 11) is -3.73. The van der Waals surface area contributed by atoms with Gasteiger partial charge < -0.3 is 5.32 Å². The van der Waals surface area contributed by atoms with Crippen LogP contribution in [0.5, 0.6) is 0 Å². The van der Waals surface area contributed by atoms with Crippen LogP contribution >= 0.6 is 0 Å². The maximum Gasteiger partial charge on any atom is 0.271 e. The number of nitrogens with one attached hydrogen (secondary N) is 1. The van der Waals surface area contributed by atoms with E-state index in [0.717, 1.165) is 16.1 Å². The third kappa shape index (κ3) is 5.07. The number of para-hydroxylation sites is 1. The van der Waals surface area contributed by atoms with Crippen LogP contribution in [0.2, 0.25) is 0 Å². The fraction of sp³-hybridized carbons (Fsp3) is 0.316. The van der Waals surface area contributed by atoms with Crippen LogP contribution in [0, 0.1) is 17.0 Å². The molecule has 2 aromatic rings. The third-order valence-corrected chi connectivity index (χ3v) is 5.35. The quantitative estimate of drug-likeness (QED) is 0.560. The number of sulfonamides is 1. The molecule has 150 valence electrons. The van der Waals surface area contributed by atoms with Crippen molar-refractivity contribution in [3.8, 4) is 0 Å². The van der Waals surface area contributed by atoms with Crippen molar-refractivity contribution in [2.24, 2.45) is 0 Å². The first kappa shape index (κ1) is 21.4. The van der Waals surface area contributed by atoms with Crippen LogP contribution in [0.3, 0.4) is 0 Å². The van der Waals surface area contributed by atoms with Crippen LogP contribution in [-0.4, -0.2) is 32.0 Å². The molecule has 0 saturated carbocycles. The molecule has 1 amide bonds. The van der Waals surface area contributed by atoms with Gasteiger partial charge in [-0.05, 0) is 30.0 Å². The number of nitro groups is 1. The highest BCUT2D eigenvalue weighted by Crippen LogP contribution is 2.29. The summed E-state index contributed by atoms with van der Waals surface area (Å²) >= 11 is 0. The largest absolute Gasteiger partial charge is 0.324 e. The molecule has 2 rings (SSSR count). The van der Waals surface area contributed by atoms with E-state index in [1.54, 1.807) is 19.1 Å². The van der Waals surface area contributed by atoms with Crippen molar-refractivity contribution in [2.75, 3.05) is 22.4 Å². The van der Waals surface area contributed by atoms with Gasteiger partial charge in [0.1, 0.15) is 6.54 Å². The Kier molecular flexibility index (Phi) is 6.40. The number of benzene rings is 2. The van der Waals surface area contributed by atoms with Gasteiger partial charge in [-0.25, -0.2) is 8.42 Å². The van der Waals surface area contributed by atoms with E-state index in [2.05, 4.69) is 5.32 Å². The van der Waals surface area contributed by atoms with Crippen molar-refractivity contribution >= 4 is 33.0 Å². The zero-order valence-electron chi connectivity index (χ0n) is 16.2. The fourth-order valence-corrected chi connectivity index (χ4v) is 3.64. The molecule has 0 unspecified atom stereocenters. The fourth-order valence-electron chi connectivity index (χ4n) is 2.76. The number of anilines is 2. The molecule has 0 fully saturated rings. The molecule has 0 aliphatic heterocycles. The minimum atomic E-state index is -3.73. The number of amides is 1. The molecule has 0 aliphatic rings. The second kappa shape index (κ2) is 8.39. The Morgan fingerprint density at radius 2 is 1.86 bits per heavy atom. The zero-order valence-corrected chi connectivity index (χ0v) is 17.0. The molecule has 28 heavy (non-hydrogen) atoms. The summed E-state index contributed by atoms with van der Waals surface area (Å²) in [6, 6.07) is 11.1. The van der Waals surface area contributed by atoms with E-state index in [9.17, 15) is 23.3 Å². The molecule has 0 bridgehead atoms. The smallest absolute Gasteiger partial charge is 0.271 e. The number of hydrogen-bond donors (Lipinski definition) is 1. The van der Waals surface area contributed by atoms with Gasteiger partial charge in [0.25, 0.3) is 5.69 Å². The number of aryl methyl sites for hydroxylation is 1. The minimum Gasteiger partial charge on any atom is -0.324 e. The first-order valence-electron chi connectivity index (χ1n) is 8.62. The summed E-state index contributed by atoms with van der Waals surface area (Å²) in [5.74, 6) is -0.532. The lowest BCUT2D eigenvalue weighted by atomic mass is 10.0. The van der Waals surface area contributed by atoms with E-state index in [1.165, 1.54) is 18.2 Å². The molecule has 9 heteroatoms. The first-order valence-corrected chi connectivity index (χ1v) is 10.5. The van der Waals surface area contributed by atoms with Crippen LogP contribution in [0.15, 0.2) is 42.5 Å². The van der Waals surface area contributed by atoms with Crippen molar-refractivity contribution in [3.63, 3.8) is 0 Å². The van der Waals surface area contributed by atoms with Crippen molar-refractivity contribution in [1.82, 2.24) is 0 Å². The molecule has 0 atom stereocenters. The summed E-state index contributed by atoms with van der Waals surface area (Å²) in [6.07, 6.45) is 1.04. The van der Waals surface area contributed by atoms with E-state index in [1.807, 2.05) is 26.0 Å². The van der Waals surface area contributed by atoms with E-state index in [-0.39, 0.29) is 17.3 Å². The number of carbonyl (C=O) groups excluding carboxylic acids is 1. The monoisotopic (exact) mass is 405 g/mol. The standard InChI is InChI=1S/C19H23N3O5S/c1-13(2)16-7-5-6-8-18(16)21(28(4,26)27)12-19(23)20-17-11-15(22(24)25)10-9-14(17)3/h5-11,13H,12H2,1-4H3,(H,20,23). The topological polar surface area (TPSA) is 110 Å². The molecule has 0 saturated heterocycles. The minimum absolute atomic E-state index is 0.0579. The zero-order chi connectivity index (χ0) is 21.1. The normalized spacial score (nSPS) is 11.3. The second-order valence-electron chi connectivity index (χ2n) is 6.79. The van der Waals surface area contributed by atoms with Gasteiger partial charge in [-0.15, -0.1) is 0 Å². The highest BCUT2D eigenvalue weighted by Gasteiger charge is 2.24. The molecule has 1 N–H and O–H groups in total. The van der Waals surface area contributed by atoms with E-state index in [0.29, 0.717) is 11.3 Å². The summed E-state index contributed by atoms with van der Waals surface area (Å²) in [4.78, 5) is 23.0. The summed E-state index contributed by atoms with van der Waals surface area (Å²) in [6.45, 7) is 5.13. The third-order valence-electron chi connectivity index (χ3n) is 4.22. The second-order valence-corrected chi connectivity index (χ2v) is 8.69. The highest BCUT2D eigenvalue weighted by molar-refractivity contribution is 7.92. The van der Waals surface area contributed by atoms with Gasteiger partial charge in [0, 0.05) is 12.1 Å². The van der Waals surface area contributed by atoms with Gasteiger partial charge in [0.05, 0.1) is 22.6 Å². The van der Waals surface area contributed by atoms with Crippen molar-refractivity contribution in [1.29, 1.82) is 0 Å². The molecule has 2 aromatic carbocycles. The van der Waals surface area contributed by atoms with Gasteiger partial charge in [-0.3, -0.25) is 19.2 Å². The highest BCUT2D eigenvalue weighted by atomic mass is 32.2. The van der Waals surface area contributed by atoms with E-state index in [4.69, 9.17) is 0 Å². The number of carbonyl (C=O) groups is 1. The van der Waals surface area contributed by atoms with Crippen LogP contribution in [-0.2, 0) is 14.8 Å². The van der Waals surface area contributed by atoms with Crippen LogP contribution in [0.4, 0.5) is 17.1 Å². The maximum atomic E-state index is 12.6. The lowest BCUT2D eigenvalue weighted by Crippen LogP contribution is -2.38. The Balaban J connectivity index is 2.34. The average Bonchev–Trinajstić information content (AvgIpc) is 2.60. The SMILES string of the molecule is Cc1ccc([N+](=O)[O-])cc1NC(=O)CN(c1ccccc1C(C)C)S(C)(=O)=O. The van der Waals surface area contributed by atoms with Gasteiger partial charge >= 0.3 is 0 Å². The summed E-state index contributed by atoms with van der Waals surface area (Å²) in [5, 5.41) is 13.5. The molecule has 0 aromatic heterocycles. The first-order chi connectivity index (χ1) is 13.0. The number of hydrogen-bond acceptors (Lipinski definition) is 5. The average molecular weight is 405 g/mol. The van der Waals surface area contributed by atoms with Crippen molar-refractivity contribution < 1.29 is 18.1 Å². The Morgan fingerprint density at radius 3 is 2.43 bits per heavy atom. The Labute approximate surface area is 164 Å². The predicted molar refractivity (Wildman–Crippen MR) is 109 cm³/mol. The summed E-state index contributed by atoms with van der Waals surface area (Å²) < 4.78 is 25.8. The van der Waals surface area contributed by atoms with Crippen LogP contribution in [0.1, 0.15) is 30.9 Å². The molecule has 0 spiro atoms. The molecular weight excluding hydrogens is 382 g/mol.